The Hall–Kier alpha value is -0.980. The highest BCUT2D eigenvalue weighted by Gasteiger charge is 2.22. The minimum absolute atomic E-state index is 0.0210. The number of ether oxygens (including phenoxy) is 1. The van der Waals surface area contributed by atoms with Gasteiger partial charge in [-0.3, -0.25) is 4.79 Å². The molecule has 100 valence electrons. The van der Waals surface area contributed by atoms with Crippen LogP contribution in [0.3, 0.4) is 0 Å². The van der Waals surface area contributed by atoms with Gasteiger partial charge in [-0.2, -0.15) is 0 Å². The third-order valence-corrected chi connectivity index (χ3v) is 3.94. The quantitative estimate of drug-likeness (QED) is 0.874. The Kier molecular flexibility index (Phi) is 4.68. The van der Waals surface area contributed by atoms with Crippen LogP contribution < -0.4 is 10.6 Å². The molecular weight excluding hydrogens is 250 g/mol. The molecule has 0 bridgehead atoms. The van der Waals surface area contributed by atoms with E-state index in [1.807, 2.05) is 19.4 Å². The Balaban J connectivity index is 1.92. The van der Waals surface area contributed by atoms with Crippen LogP contribution in [0.15, 0.2) is 5.38 Å². The van der Waals surface area contributed by atoms with Crippen LogP contribution in [-0.4, -0.2) is 31.2 Å². The Labute approximate surface area is 111 Å². The molecule has 0 saturated carbocycles. The smallest absolute Gasteiger partial charge is 0.231 e. The van der Waals surface area contributed by atoms with Gasteiger partial charge < -0.3 is 15.4 Å². The fourth-order valence-corrected chi connectivity index (χ4v) is 2.65. The van der Waals surface area contributed by atoms with Gasteiger partial charge in [0, 0.05) is 18.0 Å². The number of nitrogens with zero attached hydrogens (tertiary/aromatic N) is 1. The molecule has 1 aliphatic rings. The van der Waals surface area contributed by atoms with E-state index in [-0.39, 0.29) is 17.9 Å². The number of thiazole rings is 1. The number of hydrogen-bond acceptors (Lipinski definition) is 5. The van der Waals surface area contributed by atoms with Crippen LogP contribution in [0.5, 0.6) is 0 Å². The monoisotopic (exact) mass is 269 g/mol. The van der Waals surface area contributed by atoms with Gasteiger partial charge in [0.05, 0.1) is 18.2 Å². The van der Waals surface area contributed by atoms with Gasteiger partial charge in [-0.25, -0.2) is 4.98 Å². The maximum absolute atomic E-state index is 12.0. The van der Waals surface area contributed by atoms with Crippen LogP contribution in [-0.2, 0) is 9.53 Å². The summed E-state index contributed by atoms with van der Waals surface area (Å²) < 4.78 is 5.31. The van der Waals surface area contributed by atoms with E-state index >= 15 is 0 Å². The topological polar surface area (TPSA) is 63.2 Å². The van der Waals surface area contributed by atoms with Crippen molar-refractivity contribution in [3.05, 3.63) is 11.1 Å². The number of carbonyl (C=O) groups excluding carboxylic acids is 1. The lowest BCUT2D eigenvalue weighted by Gasteiger charge is -2.20. The molecule has 2 heterocycles. The van der Waals surface area contributed by atoms with E-state index in [2.05, 4.69) is 15.6 Å². The predicted molar refractivity (Wildman–Crippen MR) is 71.8 cm³/mol. The van der Waals surface area contributed by atoms with Crippen molar-refractivity contribution in [2.45, 2.75) is 25.8 Å². The van der Waals surface area contributed by atoms with Gasteiger partial charge in [-0.05, 0) is 26.8 Å². The van der Waals surface area contributed by atoms with Crippen LogP contribution in [0.1, 0.15) is 31.5 Å². The Morgan fingerprint density at radius 1 is 1.67 bits per heavy atom. The zero-order chi connectivity index (χ0) is 13.0. The average molecular weight is 269 g/mol. The van der Waals surface area contributed by atoms with E-state index in [9.17, 15) is 4.79 Å². The summed E-state index contributed by atoms with van der Waals surface area (Å²) in [7, 11) is 1.89. The molecule has 0 spiro atoms. The van der Waals surface area contributed by atoms with Crippen molar-refractivity contribution in [2.75, 3.05) is 25.6 Å². The molecule has 6 heteroatoms. The third-order valence-electron chi connectivity index (χ3n) is 3.16. The highest BCUT2D eigenvalue weighted by Crippen LogP contribution is 2.22. The molecule has 2 unspecified atom stereocenters. The van der Waals surface area contributed by atoms with Gasteiger partial charge in [-0.1, -0.05) is 0 Å². The van der Waals surface area contributed by atoms with Gasteiger partial charge in [0.15, 0.2) is 5.13 Å². The number of rotatable bonds is 4. The van der Waals surface area contributed by atoms with Crippen LogP contribution in [0, 0.1) is 5.92 Å². The molecule has 1 aromatic heterocycles. The van der Waals surface area contributed by atoms with Gasteiger partial charge in [0.2, 0.25) is 5.91 Å². The third kappa shape index (κ3) is 3.28. The fourth-order valence-electron chi connectivity index (χ4n) is 1.85. The summed E-state index contributed by atoms with van der Waals surface area (Å²) in [5, 5.41) is 8.63. The summed E-state index contributed by atoms with van der Waals surface area (Å²) in [5.41, 5.74) is 0.956. The number of nitrogens with one attached hydrogen (secondary N) is 2. The zero-order valence-electron chi connectivity index (χ0n) is 10.7. The Morgan fingerprint density at radius 3 is 3.17 bits per heavy atom. The summed E-state index contributed by atoms with van der Waals surface area (Å²) >= 11 is 1.46. The number of amides is 1. The molecule has 1 amide bonds. The second kappa shape index (κ2) is 6.26. The van der Waals surface area contributed by atoms with Crippen molar-refractivity contribution in [3.8, 4) is 0 Å². The first kappa shape index (κ1) is 13.5. The number of anilines is 1. The van der Waals surface area contributed by atoms with Gasteiger partial charge in [0.1, 0.15) is 0 Å². The maximum atomic E-state index is 12.0. The Morgan fingerprint density at radius 2 is 2.50 bits per heavy atom. The summed E-state index contributed by atoms with van der Waals surface area (Å²) in [5.74, 6) is -0.0134. The lowest BCUT2D eigenvalue weighted by Crippen LogP contribution is -2.30. The highest BCUT2D eigenvalue weighted by atomic mass is 32.1. The normalized spacial score (nSPS) is 21.6. The standard InChI is InChI=1S/C12H19N3O2S/c1-8(13-2)10-7-18-12(14-10)15-11(16)9-4-3-5-17-6-9/h7-9,13H,3-6H2,1-2H3,(H,14,15,16). The lowest BCUT2D eigenvalue weighted by molar-refractivity contribution is -0.123. The van der Waals surface area contributed by atoms with Crippen molar-refractivity contribution < 1.29 is 9.53 Å². The van der Waals surface area contributed by atoms with Crippen molar-refractivity contribution in [2.24, 2.45) is 5.92 Å². The largest absolute Gasteiger partial charge is 0.381 e. The number of carbonyl (C=O) groups is 1. The van der Waals surface area contributed by atoms with E-state index < -0.39 is 0 Å². The molecule has 2 N–H and O–H groups in total. The molecule has 2 atom stereocenters. The van der Waals surface area contributed by atoms with Crippen molar-refractivity contribution >= 4 is 22.4 Å². The molecule has 1 saturated heterocycles. The van der Waals surface area contributed by atoms with Crippen molar-refractivity contribution in [1.29, 1.82) is 0 Å². The van der Waals surface area contributed by atoms with Crippen molar-refractivity contribution in [1.82, 2.24) is 10.3 Å². The lowest BCUT2D eigenvalue weighted by atomic mass is 10.0. The minimum Gasteiger partial charge on any atom is -0.381 e. The second-order valence-electron chi connectivity index (χ2n) is 4.49. The van der Waals surface area contributed by atoms with E-state index in [4.69, 9.17) is 4.74 Å². The summed E-state index contributed by atoms with van der Waals surface area (Å²) in [4.78, 5) is 16.4. The molecule has 0 aliphatic carbocycles. The van der Waals surface area contributed by atoms with Gasteiger partial charge in [0.25, 0.3) is 0 Å². The summed E-state index contributed by atoms with van der Waals surface area (Å²) in [6.07, 6.45) is 1.86. The molecule has 1 aromatic rings. The molecule has 5 nitrogen and oxygen atoms in total. The number of hydrogen-bond donors (Lipinski definition) is 2. The summed E-state index contributed by atoms with van der Waals surface area (Å²) in [6.45, 7) is 3.33. The fraction of sp³-hybridized carbons (Fsp3) is 0.667. The van der Waals surface area contributed by atoms with Crippen LogP contribution >= 0.6 is 11.3 Å². The molecular formula is C12H19N3O2S. The van der Waals surface area contributed by atoms with Gasteiger partial charge >= 0.3 is 0 Å². The molecule has 2 rings (SSSR count). The van der Waals surface area contributed by atoms with E-state index in [1.54, 1.807) is 0 Å². The van der Waals surface area contributed by atoms with Crippen LogP contribution in [0.4, 0.5) is 5.13 Å². The minimum atomic E-state index is -0.0344. The maximum Gasteiger partial charge on any atom is 0.231 e. The molecule has 18 heavy (non-hydrogen) atoms. The average Bonchev–Trinajstić information content (AvgIpc) is 2.87. The first-order valence-electron chi connectivity index (χ1n) is 6.22. The Bertz CT molecular complexity index is 402. The van der Waals surface area contributed by atoms with E-state index in [0.717, 1.165) is 25.1 Å². The predicted octanol–water partition coefficient (Wildman–Crippen LogP) is 1.79. The number of aromatic nitrogens is 1. The van der Waals surface area contributed by atoms with Crippen molar-refractivity contribution in [3.63, 3.8) is 0 Å². The van der Waals surface area contributed by atoms with Crippen LogP contribution in [0.25, 0.3) is 0 Å². The molecule has 1 aliphatic heterocycles. The van der Waals surface area contributed by atoms with E-state index in [0.29, 0.717) is 11.7 Å². The highest BCUT2D eigenvalue weighted by molar-refractivity contribution is 7.13. The molecule has 1 fully saturated rings. The van der Waals surface area contributed by atoms with Gasteiger partial charge in [-0.15, -0.1) is 11.3 Å². The molecule has 0 aromatic carbocycles. The van der Waals surface area contributed by atoms with Crippen LogP contribution in [0.2, 0.25) is 0 Å². The zero-order valence-corrected chi connectivity index (χ0v) is 11.5. The SMILES string of the molecule is CNC(C)c1csc(NC(=O)C2CCCOC2)n1. The molecule has 0 radical (unpaired) electrons. The first-order chi connectivity index (χ1) is 8.70. The van der Waals surface area contributed by atoms with E-state index in [1.165, 1.54) is 11.3 Å². The summed E-state index contributed by atoms with van der Waals surface area (Å²) in [6, 6.07) is 0.199. The second-order valence-corrected chi connectivity index (χ2v) is 5.35. The first-order valence-corrected chi connectivity index (χ1v) is 7.10.